The van der Waals surface area contributed by atoms with Crippen LogP contribution >= 0.6 is 0 Å². The maximum Gasteiger partial charge on any atom is 0.161 e. The Bertz CT molecular complexity index is 754. The van der Waals surface area contributed by atoms with Gasteiger partial charge in [-0.1, -0.05) is 192 Å². The molecular weight excluding hydrogens is 613 g/mol. The normalized spacial score (nSPS) is 12.5. The minimum absolute atomic E-state index is 0.0706. The van der Waals surface area contributed by atoms with Crippen molar-refractivity contribution in [3.8, 4) is 0 Å². The maximum absolute atomic E-state index is 12.3. The molecule has 0 aromatic heterocycles. The summed E-state index contributed by atoms with van der Waals surface area (Å²) in [6.07, 6.45) is 54.2. The molecule has 3 heteroatoms. The third-order valence-electron chi connectivity index (χ3n) is 10.5. The first-order chi connectivity index (χ1) is 24.6. The summed E-state index contributed by atoms with van der Waals surface area (Å²) >= 11 is 0. The topological polar surface area (TPSA) is 54.4 Å². The number of hydrogen-bond donors (Lipinski definition) is 1. The minimum Gasteiger partial charge on any atom is -0.385 e. The average molecular weight is 701 g/mol. The molecule has 0 radical (unpaired) electrons. The second-order valence-electron chi connectivity index (χ2n) is 15.6. The second-order valence-corrected chi connectivity index (χ2v) is 15.6. The van der Waals surface area contributed by atoms with Gasteiger partial charge in [0.2, 0.25) is 0 Å². The van der Waals surface area contributed by atoms with E-state index in [9.17, 15) is 14.7 Å². The Labute approximate surface area is 313 Å². The van der Waals surface area contributed by atoms with Crippen molar-refractivity contribution in [1.29, 1.82) is 0 Å². The summed E-state index contributed by atoms with van der Waals surface area (Å²) in [7, 11) is 0. The zero-order chi connectivity index (χ0) is 36.4. The second kappa shape index (κ2) is 42.2. The van der Waals surface area contributed by atoms with Gasteiger partial charge < -0.3 is 5.11 Å². The lowest BCUT2D eigenvalue weighted by Crippen LogP contribution is -2.21. The van der Waals surface area contributed by atoms with Crippen molar-refractivity contribution in [1.82, 2.24) is 0 Å². The van der Waals surface area contributed by atoms with Crippen LogP contribution in [-0.2, 0) is 9.59 Å². The molecule has 1 N–H and O–H groups in total. The molecule has 3 nitrogen and oxygen atoms in total. The van der Waals surface area contributed by atoms with Crippen molar-refractivity contribution in [2.24, 2.45) is 0 Å². The van der Waals surface area contributed by atoms with E-state index in [4.69, 9.17) is 0 Å². The first kappa shape index (κ1) is 48.8. The maximum atomic E-state index is 12.3. The van der Waals surface area contributed by atoms with Gasteiger partial charge in [0.25, 0.3) is 0 Å². The number of unbranched alkanes of at least 4 members (excludes halogenated alkanes) is 30. The molecule has 0 aromatic carbocycles. The van der Waals surface area contributed by atoms with Gasteiger partial charge in [-0.15, -0.1) is 0 Å². The van der Waals surface area contributed by atoms with Gasteiger partial charge in [0.1, 0.15) is 11.9 Å². The minimum atomic E-state index is -0.953. The van der Waals surface area contributed by atoms with Crippen molar-refractivity contribution in [2.75, 3.05) is 0 Å². The van der Waals surface area contributed by atoms with Crippen LogP contribution in [0.15, 0.2) is 24.3 Å². The first-order valence-electron chi connectivity index (χ1n) is 22.6. The molecule has 0 aliphatic heterocycles. The number of ketones is 2. The highest BCUT2D eigenvalue weighted by Gasteiger charge is 2.16. The van der Waals surface area contributed by atoms with Gasteiger partial charge in [0, 0.05) is 19.3 Å². The van der Waals surface area contributed by atoms with Crippen molar-refractivity contribution in [2.45, 2.75) is 264 Å². The smallest absolute Gasteiger partial charge is 0.161 e. The fourth-order valence-electron chi connectivity index (χ4n) is 6.93. The van der Waals surface area contributed by atoms with Gasteiger partial charge in [0.05, 0.1) is 0 Å². The van der Waals surface area contributed by atoms with E-state index >= 15 is 0 Å². The molecule has 0 spiro atoms. The Morgan fingerprint density at radius 3 is 1.00 bits per heavy atom. The summed E-state index contributed by atoms with van der Waals surface area (Å²) < 4.78 is 0. The SMILES string of the molecule is CCCCCCCC/C=C\CCCCCCCCCCCC(=O)CCC(O)C(=O)CCCCCCCCCCC/C=C\CCCCCCCC. The molecule has 0 heterocycles. The van der Waals surface area contributed by atoms with Crippen LogP contribution in [0.5, 0.6) is 0 Å². The molecule has 0 aliphatic carbocycles. The van der Waals surface area contributed by atoms with Crippen LogP contribution in [0.1, 0.15) is 258 Å². The number of aliphatic hydroxyl groups excluding tert-OH is 1. The highest BCUT2D eigenvalue weighted by atomic mass is 16.3. The van der Waals surface area contributed by atoms with Crippen molar-refractivity contribution < 1.29 is 14.7 Å². The van der Waals surface area contributed by atoms with E-state index in [1.54, 1.807) is 0 Å². The van der Waals surface area contributed by atoms with E-state index < -0.39 is 6.10 Å². The standard InChI is InChI=1S/C47H88O3/c1-3-5-7-9-11-13-15-17-19-21-23-25-27-29-31-33-35-37-39-41-45(48)43-44-47(50)46(49)42-40-38-36-34-32-30-28-26-24-22-20-18-16-14-12-10-8-6-4-2/h17-20,47,50H,3-16,21-44H2,1-2H3/b19-17-,20-18-. The Balaban J connectivity index is 3.41. The van der Waals surface area contributed by atoms with Crippen molar-refractivity contribution in [3.63, 3.8) is 0 Å². The molecule has 0 saturated carbocycles. The molecule has 0 fully saturated rings. The van der Waals surface area contributed by atoms with Crippen LogP contribution in [0.25, 0.3) is 0 Å². The molecular formula is C47H88O3. The van der Waals surface area contributed by atoms with Crippen molar-refractivity contribution in [3.05, 3.63) is 24.3 Å². The third kappa shape index (κ3) is 39.6. The molecule has 0 bridgehead atoms. The van der Waals surface area contributed by atoms with Gasteiger partial charge in [0.15, 0.2) is 5.78 Å². The fraction of sp³-hybridized carbons (Fsp3) is 0.872. The van der Waals surface area contributed by atoms with Gasteiger partial charge >= 0.3 is 0 Å². The highest BCUT2D eigenvalue weighted by Crippen LogP contribution is 2.16. The zero-order valence-electron chi connectivity index (χ0n) is 34.0. The Hall–Kier alpha value is -1.22. The molecule has 1 unspecified atom stereocenters. The van der Waals surface area contributed by atoms with Crippen LogP contribution in [0.4, 0.5) is 0 Å². The summed E-state index contributed by atoms with van der Waals surface area (Å²) in [4.78, 5) is 24.6. The third-order valence-corrected chi connectivity index (χ3v) is 10.5. The number of carbonyl (C=O) groups excluding carboxylic acids is 2. The lowest BCUT2D eigenvalue weighted by atomic mass is 9.99. The summed E-state index contributed by atoms with van der Waals surface area (Å²) in [5.74, 6) is 0.136. The Morgan fingerprint density at radius 1 is 0.380 bits per heavy atom. The summed E-state index contributed by atoms with van der Waals surface area (Å²) in [5.41, 5.74) is 0. The molecule has 0 amide bonds. The van der Waals surface area contributed by atoms with E-state index in [1.165, 1.54) is 193 Å². The molecule has 0 aliphatic rings. The lowest BCUT2D eigenvalue weighted by Gasteiger charge is -2.09. The van der Waals surface area contributed by atoms with Crippen LogP contribution in [0, 0.1) is 0 Å². The number of allylic oxidation sites excluding steroid dienone is 4. The van der Waals surface area contributed by atoms with Crippen LogP contribution in [0.3, 0.4) is 0 Å². The first-order valence-corrected chi connectivity index (χ1v) is 22.6. The highest BCUT2D eigenvalue weighted by molar-refractivity contribution is 5.84. The molecule has 0 saturated heterocycles. The van der Waals surface area contributed by atoms with Gasteiger partial charge in [-0.25, -0.2) is 0 Å². The van der Waals surface area contributed by atoms with E-state index in [1.807, 2.05) is 0 Å². The van der Waals surface area contributed by atoms with E-state index in [0.717, 1.165) is 25.7 Å². The van der Waals surface area contributed by atoms with Crippen molar-refractivity contribution >= 4 is 11.6 Å². The number of aliphatic hydroxyl groups is 1. The number of rotatable bonds is 42. The number of hydrogen-bond acceptors (Lipinski definition) is 3. The lowest BCUT2D eigenvalue weighted by molar-refractivity contribution is -0.128. The molecule has 294 valence electrons. The summed E-state index contributed by atoms with van der Waals surface area (Å²) in [5, 5.41) is 10.2. The fourth-order valence-corrected chi connectivity index (χ4v) is 6.93. The zero-order valence-corrected chi connectivity index (χ0v) is 34.0. The molecule has 50 heavy (non-hydrogen) atoms. The Morgan fingerprint density at radius 2 is 0.660 bits per heavy atom. The van der Waals surface area contributed by atoms with Crippen LogP contribution in [0.2, 0.25) is 0 Å². The van der Waals surface area contributed by atoms with Gasteiger partial charge in [-0.2, -0.15) is 0 Å². The van der Waals surface area contributed by atoms with E-state index in [0.29, 0.717) is 25.7 Å². The quantitative estimate of drug-likeness (QED) is 0.0509. The van der Waals surface area contributed by atoms with Crippen LogP contribution in [-0.4, -0.2) is 22.8 Å². The predicted octanol–water partition coefficient (Wildman–Crippen LogP) is 15.5. The average Bonchev–Trinajstić information content (AvgIpc) is 3.12. The van der Waals surface area contributed by atoms with Gasteiger partial charge in [-0.3, -0.25) is 9.59 Å². The molecule has 0 aromatic rings. The number of carbonyl (C=O) groups is 2. The summed E-state index contributed by atoms with van der Waals surface area (Å²) in [6.45, 7) is 4.55. The molecule has 0 rings (SSSR count). The van der Waals surface area contributed by atoms with Gasteiger partial charge in [-0.05, 0) is 70.6 Å². The summed E-state index contributed by atoms with van der Waals surface area (Å²) in [6, 6.07) is 0. The molecule has 1 atom stereocenters. The van der Waals surface area contributed by atoms with Crippen LogP contribution < -0.4 is 0 Å². The predicted molar refractivity (Wildman–Crippen MR) is 221 cm³/mol. The number of Topliss-reactive ketones (excluding diaryl/α,β-unsaturated/α-hetero) is 2. The largest absolute Gasteiger partial charge is 0.385 e. The van der Waals surface area contributed by atoms with E-state index in [2.05, 4.69) is 38.2 Å². The monoisotopic (exact) mass is 701 g/mol. The van der Waals surface area contributed by atoms with E-state index in [-0.39, 0.29) is 11.6 Å². The Kier molecular flexibility index (Phi) is 41.2.